The number of aryl methyl sites for hydroxylation is 2. The zero-order valence-corrected chi connectivity index (χ0v) is 12.5. The third kappa shape index (κ3) is 2.62. The highest BCUT2D eigenvalue weighted by molar-refractivity contribution is 9.10. The van der Waals surface area contributed by atoms with E-state index in [1.165, 1.54) is 11.1 Å². The number of hydrogen-bond donors (Lipinski definition) is 1. The number of hydrogen-bond acceptors (Lipinski definition) is 3. The summed E-state index contributed by atoms with van der Waals surface area (Å²) in [4.78, 5) is 0. The fraction of sp³-hybridized carbons (Fsp3) is 0.385. The maximum atomic E-state index is 4.02. The normalized spacial score (nSPS) is 10.9. The van der Waals surface area contributed by atoms with Crippen LogP contribution >= 0.6 is 15.9 Å². The van der Waals surface area contributed by atoms with Crippen molar-refractivity contribution in [3.63, 3.8) is 0 Å². The van der Waals surface area contributed by atoms with Crippen molar-refractivity contribution < 1.29 is 0 Å². The number of rotatable bonds is 4. The second kappa shape index (κ2) is 5.63. The van der Waals surface area contributed by atoms with Gasteiger partial charge in [-0.25, -0.2) is 4.68 Å². The summed E-state index contributed by atoms with van der Waals surface area (Å²) in [5.41, 5.74) is 4.71. The van der Waals surface area contributed by atoms with E-state index in [4.69, 9.17) is 0 Å². The second-order valence-electron chi connectivity index (χ2n) is 4.28. The average molecular weight is 309 g/mol. The van der Waals surface area contributed by atoms with Crippen LogP contribution in [0.5, 0.6) is 0 Å². The summed E-state index contributed by atoms with van der Waals surface area (Å²) in [5.74, 6) is 0. The quantitative estimate of drug-likeness (QED) is 0.944. The molecule has 1 heterocycles. The molecule has 0 unspecified atom stereocenters. The Bertz CT molecular complexity index is 528. The molecule has 0 aliphatic rings. The van der Waals surface area contributed by atoms with Crippen molar-refractivity contribution >= 4 is 15.9 Å². The zero-order valence-electron chi connectivity index (χ0n) is 10.9. The van der Waals surface area contributed by atoms with Gasteiger partial charge in [0, 0.05) is 19.2 Å². The van der Waals surface area contributed by atoms with Gasteiger partial charge in [0.15, 0.2) is 4.60 Å². The third-order valence-corrected chi connectivity index (χ3v) is 3.44. The molecular formula is C13H17BrN4. The summed E-state index contributed by atoms with van der Waals surface area (Å²) >= 11 is 3.44. The topological polar surface area (TPSA) is 42.7 Å². The Balaban J connectivity index is 2.36. The Kier molecular flexibility index (Phi) is 4.14. The average Bonchev–Trinajstić information content (AvgIpc) is 2.67. The van der Waals surface area contributed by atoms with Crippen LogP contribution in [0.3, 0.4) is 0 Å². The van der Waals surface area contributed by atoms with Gasteiger partial charge in [0.25, 0.3) is 0 Å². The zero-order chi connectivity index (χ0) is 13.1. The van der Waals surface area contributed by atoms with Crippen LogP contribution in [0.15, 0.2) is 22.8 Å². The van der Waals surface area contributed by atoms with Gasteiger partial charge in [-0.3, -0.25) is 0 Å². The van der Waals surface area contributed by atoms with Crippen LogP contribution < -0.4 is 5.32 Å². The molecule has 1 N–H and O–H groups in total. The lowest BCUT2D eigenvalue weighted by Gasteiger charge is -2.09. The van der Waals surface area contributed by atoms with E-state index in [9.17, 15) is 0 Å². The molecule has 2 rings (SSSR count). The van der Waals surface area contributed by atoms with Crippen LogP contribution in [0.4, 0.5) is 0 Å². The number of benzene rings is 1. The minimum absolute atomic E-state index is 0.785. The fourth-order valence-corrected chi connectivity index (χ4v) is 2.53. The molecule has 0 aliphatic carbocycles. The first-order chi connectivity index (χ1) is 8.63. The van der Waals surface area contributed by atoms with E-state index in [0.29, 0.717) is 0 Å². The van der Waals surface area contributed by atoms with Gasteiger partial charge in [-0.1, -0.05) is 30.3 Å². The first-order valence-corrected chi connectivity index (χ1v) is 6.78. The van der Waals surface area contributed by atoms with E-state index in [-0.39, 0.29) is 0 Å². The van der Waals surface area contributed by atoms with Crippen molar-refractivity contribution in [1.29, 1.82) is 0 Å². The smallest absolute Gasteiger partial charge is 0.156 e. The van der Waals surface area contributed by atoms with Gasteiger partial charge in [-0.15, -0.1) is 5.10 Å². The summed E-state index contributed by atoms with van der Waals surface area (Å²) in [6.45, 7) is 6.12. The molecule has 18 heavy (non-hydrogen) atoms. The molecule has 0 spiro atoms. The van der Waals surface area contributed by atoms with E-state index in [2.05, 4.69) is 63.6 Å². The van der Waals surface area contributed by atoms with Crippen LogP contribution in [-0.2, 0) is 13.6 Å². The molecule has 2 aromatic rings. The summed E-state index contributed by atoms with van der Waals surface area (Å²) in [6, 6.07) is 6.48. The highest BCUT2D eigenvalue weighted by Crippen LogP contribution is 2.28. The first kappa shape index (κ1) is 13.2. The number of nitrogens with one attached hydrogen (secondary N) is 1. The van der Waals surface area contributed by atoms with Crippen LogP contribution in [0.2, 0.25) is 0 Å². The van der Waals surface area contributed by atoms with Crippen LogP contribution in [-0.4, -0.2) is 21.5 Å². The molecule has 96 valence electrons. The number of halogens is 1. The van der Waals surface area contributed by atoms with Gasteiger partial charge in [-0.2, -0.15) is 0 Å². The molecule has 0 fully saturated rings. The number of nitrogens with zero attached hydrogens (tertiary/aromatic N) is 3. The van der Waals surface area contributed by atoms with Crippen LogP contribution in [0, 0.1) is 6.92 Å². The summed E-state index contributed by atoms with van der Waals surface area (Å²) in [5, 5.41) is 11.4. The van der Waals surface area contributed by atoms with E-state index >= 15 is 0 Å². The molecule has 0 aliphatic heterocycles. The lowest BCUT2D eigenvalue weighted by atomic mass is 10.0. The lowest BCUT2D eigenvalue weighted by Crippen LogP contribution is -2.11. The van der Waals surface area contributed by atoms with E-state index < -0.39 is 0 Å². The Morgan fingerprint density at radius 1 is 1.39 bits per heavy atom. The Hall–Kier alpha value is -1.20. The predicted molar refractivity (Wildman–Crippen MR) is 76.3 cm³/mol. The summed E-state index contributed by atoms with van der Waals surface area (Å²) in [6.07, 6.45) is 0. The van der Waals surface area contributed by atoms with Crippen molar-refractivity contribution in [2.45, 2.75) is 20.4 Å². The molecule has 0 amide bonds. The minimum atomic E-state index is 0.785. The maximum absolute atomic E-state index is 4.02. The van der Waals surface area contributed by atoms with E-state index in [0.717, 1.165) is 29.0 Å². The van der Waals surface area contributed by atoms with Crippen molar-refractivity contribution in [1.82, 2.24) is 20.3 Å². The molecule has 0 saturated carbocycles. The molecule has 1 aromatic carbocycles. The summed E-state index contributed by atoms with van der Waals surface area (Å²) < 4.78 is 2.57. The molecular weight excluding hydrogens is 292 g/mol. The molecule has 0 saturated heterocycles. The monoisotopic (exact) mass is 308 g/mol. The Morgan fingerprint density at radius 3 is 2.72 bits per heavy atom. The molecule has 5 heteroatoms. The maximum Gasteiger partial charge on any atom is 0.156 e. The lowest BCUT2D eigenvalue weighted by molar-refractivity contribution is 0.718. The van der Waals surface area contributed by atoms with Gasteiger partial charge < -0.3 is 5.32 Å². The van der Waals surface area contributed by atoms with Gasteiger partial charge in [0.05, 0.1) is 0 Å². The van der Waals surface area contributed by atoms with Gasteiger partial charge in [-0.05, 0) is 40.5 Å². The molecule has 0 atom stereocenters. The first-order valence-electron chi connectivity index (χ1n) is 5.99. The van der Waals surface area contributed by atoms with Crippen molar-refractivity contribution in [2.75, 3.05) is 6.54 Å². The summed E-state index contributed by atoms with van der Waals surface area (Å²) in [7, 11) is 1.90. The van der Waals surface area contributed by atoms with Gasteiger partial charge in [0.1, 0.15) is 5.69 Å². The second-order valence-corrected chi connectivity index (χ2v) is 5.03. The van der Waals surface area contributed by atoms with E-state index in [1.54, 1.807) is 4.68 Å². The standard InChI is InChI=1S/C13H17BrN4/c1-4-15-8-10-5-6-11(9(2)7-10)12-13(14)16-17-18(12)3/h5-7,15H,4,8H2,1-3H3. The fourth-order valence-electron chi connectivity index (χ4n) is 1.99. The van der Waals surface area contributed by atoms with E-state index in [1.807, 2.05) is 7.05 Å². The molecule has 0 radical (unpaired) electrons. The molecule has 4 nitrogen and oxygen atoms in total. The van der Waals surface area contributed by atoms with Crippen molar-refractivity contribution in [3.8, 4) is 11.3 Å². The minimum Gasteiger partial charge on any atom is -0.313 e. The third-order valence-electron chi connectivity index (χ3n) is 2.91. The Morgan fingerprint density at radius 2 is 2.17 bits per heavy atom. The van der Waals surface area contributed by atoms with Crippen LogP contribution in [0.25, 0.3) is 11.3 Å². The Labute approximate surface area is 116 Å². The van der Waals surface area contributed by atoms with Crippen LogP contribution in [0.1, 0.15) is 18.1 Å². The largest absolute Gasteiger partial charge is 0.313 e. The highest BCUT2D eigenvalue weighted by Gasteiger charge is 2.12. The molecule has 1 aromatic heterocycles. The number of aromatic nitrogens is 3. The molecule has 0 bridgehead atoms. The van der Waals surface area contributed by atoms with Crippen molar-refractivity contribution in [3.05, 3.63) is 33.9 Å². The van der Waals surface area contributed by atoms with Gasteiger partial charge >= 0.3 is 0 Å². The predicted octanol–water partition coefficient (Wildman–Crippen LogP) is 2.66. The van der Waals surface area contributed by atoms with Crippen molar-refractivity contribution in [2.24, 2.45) is 7.05 Å². The SMILES string of the molecule is CCNCc1ccc(-c2c(Br)nnn2C)c(C)c1. The highest BCUT2D eigenvalue weighted by atomic mass is 79.9. The van der Waals surface area contributed by atoms with Gasteiger partial charge in [0.2, 0.25) is 0 Å².